The van der Waals surface area contributed by atoms with Crippen molar-refractivity contribution in [3.05, 3.63) is 84.3 Å². The van der Waals surface area contributed by atoms with E-state index in [1.807, 2.05) is 42.5 Å². The number of ketones is 1. The van der Waals surface area contributed by atoms with Crippen molar-refractivity contribution >= 4 is 23.1 Å². The molecule has 0 bridgehead atoms. The van der Waals surface area contributed by atoms with E-state index in [4.69, 9.17) is 0 Å². The van der Waals surface area contributed by atoms with E-state index < -0.39 is 0 Å². The molecule has 4 heterocycles. The lowest BCUT2D eigenvalue weighted by molar-refractivity contribution is 0.0673. The van der Waals surface area contributed by atoms with E-state index in [1.54, 1.807) is 36.5 Å². The summed E-state index contributed by atoms with van der Waals surface area (Å²) in [6.07, 6.45) is 6.64. The molecule has 4 aromatic rings. The standard InChI is InChI=1S/C23H20N6O2/c1-28-11-18(25-14-28)23(31)29-12-17-20(19(30)13-29)22(26-16-5-3-2-4-6-16)21(27-17)15-7-9-24-10-8-15/h2-11,14,26-27H,12-13H2,1H3. The van der Waals surface area contributed by atoms with Gasteiger partial charge in [0.05, 0.1) is 36.4 Å². The van der Waals surface area contributed by atoms with E-state index in [2.05, 4.69) is 20.3 Å². The molecule has 1 aliphatic heterocycles. The number of carbonyl (C=O) groups excluding carboxylic acids is 2. The van der Waals surface area contributed by atoms with Crippen molar-refractivity contribution in [3.63, 3.8) is 0 Å². The lowest BCUT2D eigenvalue weighted by Crippen LogP contribution is -2.39. The van der Waals surface area contributed by atoms with Crippen LogP contribution < -0.4 is 5.32 Å². The predicted molar refractivity (Wildman–Crippen MR) is 116 cm³/mol. The van der Waals surface area contributed by atoms with Crippen LogP contribution in [0.3, 0.4) is 0 Å². The molecule has 1 amide bonds. The van der Waals surface area contributed by atoms with Crippen LogP contribution in [0, 0.1) is 0 Å². The second-order valence-corrected chi connectivity index (χ2v) is 7.46. The highest BCUT2D eigenvalue weighted by Gasteiger charge is 2.33. The minimum atomic E-state index is -0.266. The quantitative estimate of drug-likeness (QED) is 0.536. The van der Waals surface area contributed by atoms with Crippen LogP contribution in [-0.4, -0.2) is 42.7 Å². The number of benzene rings is 1. The van der Waals surface area contributed by atoms with Gasteiger partial charge in [0.25, 0.3) is 5.91 Å². The summed E-state index contributed by atoms with van der Waals surface area (Å²) in [6, 6.07) is 13.5. The molecule has 0 spiro atoms. The van der Waals surface area contributed by atoms with Gasteiger partial charge in [0.1, 0.15) is 5.69 Å². The van der Waals surface area contributed by atoms with Crippen LogP contribution in [0.4, 0.5) is 11.4 Å². The molecule has 0 saturated carbocycles. The maximum Gasteiger partial charge on any atom is 0.274 e. The number of Topliss-reactive ketones (excluding diaryl/α,β-unsaturated/α-hetero) is 1. The second-order valence-electron chi connectivity index (χ2n) is 7.46. The Morgan fingerprint density at radius 1 is 1.10 bits per heavy atom. The molecular formula is C23H20N6O2. The molecular weight excluding hydrogens is 392 g/mol. The molecule has 2 N–H and O–H groups in total. The summed E-state index contributed by atoms with van der Waals surface area (Å²) in [5.74, 6) is -0.391. The number of fused-ring (bicyclic) bond motifs is 1. The number of carbonyl (C=O) groups is 2. The number of nitrogens with zero attached hydrogens (tertiary/aromatic N) is 4. The summed E-state index contributed by atoms with van der Waals surface area (Å²) in [5.41, 5.74) is 4.88. The van der Waals surface area contributed by atoms with E-state index in [0.29, 0.717) is 29.2 Å². The Morgan fingerprint density at radius 2 is 1.87 bits per heavy atom. The van der Waals surface area contributed by atoms with Crippen molar-refractivity contribution in [1.82, 2.24) is 24.4 Å². The highest BCUT2D eigenvalue weighted by Crippen LogP contribution is 2.37. The van der Waals surface area contributed by atoms with Gasteiger partial charge in [-0.05, 0) is 24.3 Å². The zero-order valence-corrected chi connectivity index (χ0v) is 16.9. The average molecular weight is 412 g/mol. The number of para-hydroxylation sites is 1. The van der Waals surface area contributed by atoms with Gasteiger partial charge in [0.2, 0.25) is 0 Å². The molecule has 0 radical (unpaired) electrons. The highest BCUT2D eigenvalue weighted by molar-refractivity contribution is 6.10. The van der Waals surface area contributed by atoms with Crippen LogP contribution >= 0.6 is 0 Å². The number of anilines is 2. The van der Waals surface area contributed by atoms with Crippen LogP contribution in [0.15, 0.2) is 67.4 Å². The first-order chi connectivity index (χ1) is 15.1. The van der Waals surface area contributed by atoms with Gasteiger partial charge < -0.3 is 19.8 Å². The fourth-order valence-corrected chi connectivity index (χ4v) is 3.83. The number of amides is 1. The third-order valence-corrected chi connectivity index (χ3v) is 5.26. The first-order valence-electron chi connectivity index (χ1n) is 9.88. The fraction of sp³-hybridized carbons (Fsp3) is 0.130. The molecule has 8 heteroatoms. The maximum absolute atomic E-state index is 13.2. The molecule has 0 aliphatic carbocycles. The topological polar surface area (TPSA) is 95.9 Å². The number of pyridine rings is 1. The molecule has 1 aromatic carbocycles. The van der Waals surface area contributed by atoms with Gasteiger partial charge in [0, 0.05) is 42.6 Å². The van der Waals surface area contributed by atoms with Crippen molar-refractivity contribution in [2.45, 2.75) is 6.54 Å². The number of nitrogens with one attached hydrogen (secondary N) is 2. The van der Waals surface area contributed by atoms with E-state index in [1.165, 1.54) is 4.90 Å². The summed E-state index contributed by atoms with van der Waals surface area (Å²) in [6.45, 7) is 0.296. The number of aromatic amines is 1. The number of aromatic nitrogens is 4. The molecule has 0 saturated heterocycles. The van der Waals surface area contributed by atoms with Crippen LogP contribution in [-0.2, 0) is 13.6 Å². The van der Waals surface area contributed by atoms with Gasteiger partial charge in [-0.15, -0.1) is 0 Å². The van der Waals surface area contributed by atoms with E-state index in [-0.39, 0.29) is 18.2 Å². The third-order valence-electron chi connectivity index (χ3n) is 5.26. The van der Waals surface area contributed by atoms with E-state index in [0.717, 1.165) is 16.9 Å². The van der Waals surface area contributed by atoms with Crippen LogP contribution in [0.1, 0.15) is 26.5 Å². The smallest absolute Gasteiger partial charge is 0.274 e. The molecule has 0 unspecified atom stereocenters. The summed E-state index contributed by atoms with van der Waals surface area (Å²) in [5, 5.41) is 3.40. The minimum absolute atomic E-state index is 0.000480. The number of H-pyrrole nitrogens is 1. The lowest BCUT2D eigenvalue weighted by atomic mass is 10.0. The Morgan fingerprint density at radius 3 is 2.58 bits per heavy atom. The summed E-state index contributed by atoms with van der Waals surface area (Å²) >= 11 is 0. The SMILES string of the molecule is Cn1cnc(C(=O)N2CC(=O)c3c([nH]c(-c4ccncc4)c3Nc3ccccc3)C2)c1. The minimum Gasteiger partial charge on any atom is -0.355 e. The molecule has 1 aliphatic rings. The summed E-state index contributed by atoms with van der Waals surface area (Å²) in [7, 11) is 1.80. The molecule has 3 aromatic heterocycles. The third kappa shape index (κ3) is 3.48. The fourth-order valence-electron chi connectivity index (χ4n) is 3.83. The monoisotopic (exact) mass is 412 g/mol. The Hall–Kier alpha value is -4.20. The van der Waals surface area contributed by atoms with Gasteiger partial charge in [-0.25, -0.2) is 4.98 Å². The Balaban J connectivity index is 1.56. The number of hydrogen-bond acceptors (Lipinski definition) is 5. The van der Waals surface area contributed by atoms with Crippen molar-refractivity contribution in [3.8, 4) is 11.3 Å². The number of rotatable bonds is 4. The number of imidazole rings is 1. The van der Waals surface area contributed by atoms with Gasteiger partial charge >= 0.3 is 0 Å². The van der Waals surface area contributed by atoms with Crippen LogP contribution in [0.25, 0.3) is 11.3 Å². The second kappa shape index (κ2) is 7.56. The predicted octanol–water partition coefficient (Wildman–Crippen LogP) is 3.39. The van der Waals surface area contributed by atoms with Crippen molar-refractivity contribution in [1.29, 1.82) is 0 Å². The normalized spacial score (nSPS) is 13.2. The zero-order chi connectivity index (χ0) is 21.4. The molecule has 31 heavy (non-hydrogen) atoms. The van der Waals surface area contributed by atoms with Crippen molar-refractivity contribution in [2.24, 2.45) is 7.05 Å². The zero-order valence-electron chi connectivity index (χ0n) is 16.9. The Labute approximate surface area is 178 Å². The molecule has 8 nitrogen and oxygen atoms in total. The molecule has 0 fully saturated rings. The van der Waals surface area contributed by atoms with E-state index >= 15 is 0 Å². The number of aryl methyl sites for hydroxylation is 1. The van der Waals surface area contributed by atoms with Gasteiger partial charge in [-0.3, -0.25) is 14.6 Å². The van der Waals surface area contributed by atoms with Crippen LogP contribution in [0.5, 0.6) is 0 Å². The van der Waals surface area contributed by atoms with Gasteiger partial charge in [-0.2, -0.15) is 0 Å². The maximum atomic E-state index is 13.2. The Bertz CT molecular complexity index is 1260. The van der Waals surface area contributed by atoms with Crippen LogP contribution in [0.2, 0.25) is 0 Å². The molecule has 154 valence electrons. The van der Waals surface area contributed by atoms with Crippen molar-refractivity contribution < 1.29 is 9.59 Å². The molecule has 5 rings (SSSR count). The largest absolute Gasteiger partial charge is 0.355 e. The van der Waals surface area contributed by atoms with E-state index in [9.17, 15) is 9.59 Å². The first kappa shape index (κ1) is 18.8. The van der Waals surface area contributed by atoms with Gasteiger partial charge in [-0.1, -0.05) is 18.2 Å². The highest BCUT2D eigenvalue weighted by atomic mass is 16.2. The molecule has 0 atom stereocenters. The summed E-state index contributed by atoms with van der Waals surface area (Å²) < 4.78 is 1.71. The summed E-state index contributed by atoms with van der Waals surface area (Å²) in [4.78, 5) is 39.2. The van der Waals surface area contributed by atoms with Crippen molar-refractivity contribution in [2.75, 3.05) is 11.9 Å². The Kier molecular flexibility index (Phi) is 4.59. The lowest BCUT2D eigenvalue weighted by Gasteiger charge is -2.25. The number of hydrogen-bond donors (Lipinski definition) is 2. The average Bonchev–Trinajstić information content (AvgIpc) is 3.38. The van der Waals surface area contributed by atoms with Gasteiger partial charge in [0.15, 0.2) is 5.78 Å². The first-order valence-corrected chi connectivity index (χ1v) is 9.88.